The molecular formula is C19H24O6. The highest BCUT2D eigenvalue weighted by Gasteiger charge is 2.33. The Morgan fingerprint density at radius 2 is 1.60 bits per heavy atom. The zero-order chi connectivity index (χ0) is 19.1. The molecular weight excluding hydrogens is 324 g/mol. The number of methoxy groups -OCH3 is 2. The molecule has 0 aromatic carbocycles. The van der Waals surface area contributed by atoms with Crippen LogP contribution in [0.15, 0.2) is 46.0 Å². The minimum Gasteiger partial charge on any atom is -0.489 e. The van der Waals surface area contributed by atoms with Gasteiger partial charge in [0.1, 0.15) is 0 Å². The molecule has 1 aliphatic rings. The molecule has 0 bridgehead atoms. The number of carboxylic acids is 1. The average molecular weight is 348 g/mol. The van der Waals surface area contributed by atoms with Crippen LogP contribution < -0.4 is 0 Å². The SMILES string of the molecule is COC1=C(OC)C(=O)C(CC=C(C)CCC=C(C)C(=O)O)=C(C)C1=O. The summed E-state index contributed by atoms with van der Waals surface area (Å²) in [5, 5.41) is 8.81. The second-order valence-corrected chi connectivity index (χ2v) is 5.81. The first-order valence-electron chi connectivity index (χ1n) is 7.91. The van der Waals surface area contributed by atoms with Gasteiger partial charge in [0.2, 0.25) is 23.1 Å². The number of allylic oxidation sites excluding steroid dienone is 5. The number of hydrogen-bond acceptors (Lipinski definition) is 5. The van der Waals surface area contributed by atoms with Crippen LogP contribution in [0.3, 0.4) is 0 Å². The molecule has 0 saturated carbocycles. The highest BCUT2D eigenvalue weighted by Crippen LogP contribution is 2.28. The van der Waals surface area contributed by atoms with E-state index in [4.69, 9.17) is 14.6 Å². The largest absolute Gasteiger partial charge is 0.489 e. The van der Waals surface area contributed by atoms with Crippen molar-refractivity contribution in [3.63, 3.8) is 0 Å². The number of carboxylic acid groups (broad SMARTS) is 1. The standard InChI is InChI=1S/C19H24O6/c1-11(7-6-8-12(2)19(22)23)9-10-14-13(3)15(20)17(24-4)18(25-5)16(14)21/h8-9H,6-7,10H2,1-5H3,(H,22,23). The summed E-state index contributed by atoms with van der Waals surface area (Å²) in [6.45, 7) is 5.06. The Bertz CT molecular complexity index is 703. The third kappa shape index (κ3) is 4.92. The molecule has 1 aliphatic carbocycles. The highest BCUT2D eigenvalue weighted by atomic mass is 16.5. The lowest BCUT2D eigenvalue weighted by Crippen LogP contribution is -2.24. The van der Waals surface area contributed by atoms with Gasteiger partial charge in [0, 0.05) is 16.7 Å². The Balaban J connectivity index is 2.87. The number of rotatable bonds is 8. The monoisotopic (exact) mass is 348 g/mol. The molecule has 6 nitrogen and oxygen atoms in total. The quantitative estimate of drug-likeness (QED) is 0.412. The summed E-state index contributed by atoms with van der Waals surface area (Å²) in [7, 11) is 2.66. The van der Waals surface area contributed by atoms with Crippen molar-refractivity contribution in [1.29, 1.82) is 0 Å². The van der Waals surface area contributed by atoms with Crippen LogP contribution in [0.2, 0.25) is 0 Å². The molecule has 0 fully saturated rings. The van der Waals surface area contributed by atoms with Crippen molar-refractivity contribution in [2.24, 2.45) is 0 Å². The number of hydrogen-bond donors (Lipinski definition) is 1. The maximum atomic E-state index is 12.5. The second-order valence-electron chi connectivity index (χ2n) is 5.81. The number of carbonyl (C=O) groups excluding carboxylic acids is 2. The topological polar surface area (TPSA) is 89.9 Å². The van der Waals surface area contributed by atoms with Crippen LogP contribution in [0.25, 0.3) is 0 Å². The molecule has 1 N–H and O–H groups in total. The van der Waals surface area contributed by atoms with Crippen molar-refractivity contribution in [3.8, 4) is 0 Å². The predicted molar refractivity (Wildman–Crippen MR) is 92.8 cm³/mol. The van der Waals surface area contributed by atoms with E-state index in [1.807, 2.05) is 13.0 Å². The first-order valence-corrected chi connectivity index (χ1v) is 7.91. The Morgan fingerprint density at radius 1 is 1.04 bits per heavy atom. The lowest BCUT2D eigenvalue weighted by molar-refractivity contribution is -0.132. The first kappa shape index (κ1) is 20.4. The van der Waals surface area contributed by atoms with Crippen LogP contribution in [0, 0.1) is 0 Å². The molecule has 0 atom stereocenters. The number of carbonyl (C=O) groups is 3. The Morgan fingerprint density at radius 3 is 2.12 bits per heavy atom. The van der Waals surface area contributed by atoms with E-state index in [2.05, 4.69) is 0 Å². The number of Topliss-reactive ketones (excluding diaryl/α,β-unsaturated/α-hetero) is 2. The fraction of sp³-hybridized carbons (Fsp3) is 0.421. The van der Waals surface area contributed by atoms with Crippen molar-refractivity contribution < 1.29 is 29.0 Å². The van der Waals surface area contributed by atoms with Gasteiger partial charge < -0.3 is 14.6 Å². The molecule has 0 aromatic heterocycles. The predicted octanol–water partition coefficient (Wildman–Crippen LogP) is 3.11. The van der Waals surface area contributed by atoms with Crippen molar-refractivity contribution in [1.82, 2.24) is 0 Å². The van der Waals surface area contributed by atoms with E-state index in [0.29, 0.717) is 36.0 Å². The van der Waals surface area contributed by atoms with Crippen molar-refractivity contribution >= 4 is 17.5 Å². The van der Waals surface area contributed by atoms with Gasteiger partial charge >= 0.3 is 5.97 Å². The third-order valence-corrected chi connectivity index (χ3v) is 4.08. The van der Waals surface area contributed by atoms with Gasteiger partial charge in [-0.15, -0.1) is 0 Å². The highest BCUT2D eigenvalue weighted by molar-refractivity contribution is 6.23. The van der Waals surface area contributed by atoms with Gasteiger partial charge in [-0.1, -0.05) is 17.7 Å². The van der Waals surface area contributed by atoms with Gasteiger partial charge in [0.05, 0.1) is 14.2 Å². The first-order chi connectivity index (χ1) is 11.7. The molecule has 0 amide bonds. The second kappa shape index (κ2) is 9.01. The summed E-state index contributed by atoms with van der Waals surface area (Å²) >= 11 is 0. The van der Waals surface area contributed by atoms with Crippen molar-refractivity contribution in [3.05, 3.63) is 46.0 Å². The fourth-order valence-electron chi connectivity index (χ4n) is 2.42. The summed E-state index contributed by atoms with van der Waals surface area (Å²) in [6.07, 6.45) is 5.13. The molecule has 25 heavy (non-hydrogen) atoms. The summed E-state index contributed by atoms with van der Waals surface area (Å²) in [5.74, 6) is -1.76. The molecule has 0 unspecified atom stereocenters. The number of ketones is 2. The lowest BCUT2D eigenvalue weighted by Gasteiger charge is -2.19. The van der Waals surface area contributed by atoms with Crippen molar-refractivity contribution in [2.45, 2.75) is 40.0 Å². The van der Waals surface area contributed by atoms with E-state index in [-0.39, 0.29) is 23.1 Å². The van der Waals surface area contributed by atoms with Crippen LogP contribution in [0.5, 0.6) is 0 Å². The van der Waals surface area contributed by atoms with Crippen molar-refractivity contribution in [2.75, 3.05) is 14.2 Å². The number of aliphatic carboxylic acids is 1. The van der Waals surface area contributed by atoms with E-state index < -0.39 is 5.97 Å². The van der Waals surface area contributed by atoms with Gasteiger partial charge in [-0.2, -0.15) is 0 Å². The molecule has 0 heterocycles. The summed E-state index contributed by atoms with van der Waals surface area (Å²) in [6, 6.07) is 0. The molecule has 0 aliphatic heterocycles. The Hall–Kier alpha value is -2.63. The zero-order valence-corrected chi connectivity index (χ0v) is 15.3. The molecule has 1 rings (SSSR count). The van der Waals surface area contributed by atoms with Crippen LogP contribution in [0.1, 0.15) is 40.0 Å². The van der Waals surface area contributed by atoms with E-state index in [1.54, 1.807) is 19.9 Å². The zero-order valence-electron chi connectivity index (χ0n) is 15.3. The molecule has 0 radical (unpaired) electrons. The molecule has 0 spiro atoms. The van der Waals surface area contributed by atoms with E-state index >= 15 is 0 Å². The molecule has 6 heteroatoms. The summed E-state index contributed by atoms with van der Waals surface area (Å²) < 4.78 is 10.0. The average Bonchev–Trinajstić information content (AvgIpc) is 2.57. The Labute approximate surface area is 147 Å². The maximum absolute atomic E-state index is 12.5. The van der Waals surface area contributed by atoms with Gasteiger partial charge in [-0.25, -0.2) is 4.79 Å². The van der Waals surface area contributed by atoms with Gasteiger partial charge in [-0.3, -0.25) is 9.59 Å². The van der Waals surface area contributed by atoms with Crippen LogP contribution >= 0.6 is 0 Å². The normalized spacial score (nSPS) is 16.5. The minimum absolute atomic E-state index is 0.0660. The minimum atomic E-state index is -0.929. The maximum Gasteiger partial charge on any atom is 0.330 e. The van der Waals surface area contributed by atoms with Gasteiger partial charge in [-0.05, 0) is 40.0 Å². The van der Waals surface area contributed by atoms with E-state index in [1.165, 1.54) is 14.2 Å². The molecule has 136 valence electrons. The van der Waals surface area contributed by atoms with E-state index in [0.717, 1.165) is 5.57 Å². The van der Waals surface area contributed by atoms with Crippen LogP contribution in [-0.2, 0) is 23.9 Å². The van der Waals surface area contributed by atoms with Crippen LogP contribution in [0.4, 0.5) is 0 Å². The van der Waals surface area contributed by atoms with Gasteiger partial charge in [0.25, 0.3) is 0 Å². The summed E-state index contributed by atoms with van der Waals surface area (Å²) in [4.78, 5) is 35.5. The summed E-state index contributed by atoms with van der Waals surface area (Å²) in [5.41, 5.74) is 2.06. The smallest absolute Gasteiger partial charge is 0.330 e. The van der Waals surface area contributed by atoms with E-state index in [9.17, 15) is 14.4 Å². The number of ether oxygens (including phenoxy) is 2. The fourth-order valence-corrected chi connectivity index (χ4v) is 2.42. The molecule has 0 saturated heterocycles. The lowest BCUT2D eigenvalue weighted by atomic mass is 9.90. The Kier molecular flexibility index (Phi) is 7.36. The van der Waals surface area contributed by atoms with Gasteiger partial charge in [0.15, 0.2) is 0 Å². The van der Waals surface area contributed by atoms with Crippen LogP contribution in [-0.4, -0.2) is 36.9 Å². The third-order valence-electron chi connectivity index (χ3n) is 4.08. The molecule has 0 aromatic rings.